The Morgan fingerprint density at radius 3 is 2.34 bits per heavy atom. The molecule has 0 spiro atoms. The number of nitrogens with zero attached hydrogens (tertiary/aromatic N) is 3. The monoisotopic (exact) mass is 470 g/mol. The Morgan fingerprint density at radius 2 is 1.71 bits per heavy atom. The number of amides is 1. The molecule has 4 aromatic rings. The van der Waals surface area contributed by atoms with E-state index in [1.807, 2.05) is 31.2 Å². The fraction of sp³-hybridized carbons (Fsp3) is 0.115. The number of aryl methyl sites for hydroxylation is 2. The third-order valence-electron chi connectivity index (χ3n) is 5.46. The van der Waals surface area contributed by atoms with Crippen molar-refractivity contribution in [3.8, 4) is 22.6 Å². The number of hydrogen-bond acceptors (Lipinski definition) is 6. The first kappa shape index (κ1) is 23.4. The zero-order chi connectivity index (χ0) is 25.1. The average Bonchev–Trinajstić information content (AvgIpc) is 2.87. The average molecular weight is 470 g/mol. The standard InChI is InChI=1S/C26H22N4O5/c1-16-7-11-20(12-8-16)29-25(27-26(32)19-5-4-6-21(15-19)30(33)34)23(24(31)17(2)28-29)18-9-13-22(35-3)14-10-18/h4-15H,1-3H3,(H,27,32). The smallest absolute Gasteiger partial charge is 0.270 e. The van der Waals surface area contributed by atoms with Gasteiger partial charge in [-0.3, -0.25) is 19.7 Å². The van der Waals surface area contributed by atoms with E-state index in [0.717, 1.165) is 5.56 Å². The van der Waals surface area contributed by atoms with Crippen LogP contribution in [0.4, 0.5) is 11.5 Å². The Kier molecular flexibility index (Phi) is 6.41. The summed E-state index contributed by atoms with van der Waals surface area (Å²) in [6.45, 7) is 3.55. The molecule has 1 amide bonds. The van der Waals surface area contributed by atoms with Gasteiger partial charge >= 0.3 is 0 Å². The maximum atomic E-state index is 13.3. The summed E-state index contributed by atoms with van der Waals surface area (Å²) >= 11 is 0. The Hall–Kier alpha value is -4.79. The van der Waals surface area contributed by atoms with Gasteiger partial charge in [0.25, 0.3) is 11.6 Å². The highest BCUT2D eigenvalue weighted by atomic mass is 16.6. The second-order valence-electron chi connectivity index (χ2n) is 7.88. The number of rotatable bonds is 6. The molecule has 0 saturated carbocycles. The predicted octanol–water partition coefficient (Wildman–Crippen LogP) is 4.69. The Morgan fingerprint density at radius 1 is 1.03 bits per heavy atom. The van der Waals surface area contributed by atoms with E-state index in [1.165, 1.54) is 28.9 Å². The number of methoxy groups -OCH3 is 1. The van der Waals surface area contributed by atoms with E-state index in [4.69, 9.17) is 4.74 Å². The predicted molar refractivity (Wildman–Crippen MR) is 132 cm³/mol. The van der Waals surface area contributed by atoms with E-state index < -0.39 is 10.8 Å². The molecular formula is C26H22N4O5. The van der Waals surface area contributed by atoms with Crippen molar-refractivity contribution < 1.29 is 14.5 Å². The lowest BCUT2D eigenvalue weighted by atomic mass is 10.0. The quantitative estimate of drug-likeness (QED) is 0.323. The molecular weight excluding hydrogens is 448 g/mol. The van der Waals surface area contributed by atoms with E-state index in [2.05, 4.69) is 10.4 Å². The van der Waals surface area contributed by atoms with Crippen molar-refractivity contribution in [1.82, 2.24) is 9.78 Å². The van der Waals surface area contributed by atoms with Crippen molar-refractivity contribution in [2.45, 2.75) is 13.8 Å². The fourth-order valence-corrected chi connectivity index (χ4v) is 3.59. The number of non-ortho nitro benzene ring substituents is 1. The third-order valence-corrected chi connectivity index (χ3v) is 5.46. The summed E-state index contributed by atoms with van der Waals surface area (Å²) < 4.78 is 6.72. The second-order valence-corrected chi connectivity index (χ2v) is 7.88. The van der Waals surface area contributed by atoms with Gasteiger partial charge in [0, 0.05) is 17.7 Å². The Bertz CT molecular complexity index is 1480. The van der Waals surface area contributed by atoms with Crippen molar-refractivity contribution in [3.63, 3.8) is 0 Å². The fourth-order valence-electron chi connectivity index (χ4n) is 3.59. The van der Waals surface area contributed by atoms with Crippen molar-refractivity contribution in [2.75, 3.05) is 12.4 Å². The van der Waals surface area contributed by atoms with Gasteiger partial charge in [-0.05, 0) is 49.7 Å². The van der Waals surface area contributed by atoms with Crippen LogP contribution in [0.1, 0.15) is 21.6 Å². The van der Waals surface area contributed by atoms with Gasteiger partial charge in [0.15, 0.2) is 0 Å². The molecule has 1 aromatic heterocycles. The van der Waals surface area contributed by atoms with Crippen LogP contribution in [0.5, 0.6) is 5.75 Å². The van der Waals surface area contributed by atoms with Crippen LogP contribution in [0, 0.1) is 24.0 Å². The third kappa shape index (κ3) is 4.79. The highest BCUT2D eigenvalue weighted by molar-refractivity contribution is 6.06. The molecule has 0 bridgehead atoms. The molecule has 9 heteroatoms. The minimum Gasteiger partial charge on any atom is -0.497 e. The molecule has 1 heterocycles. The van der Waals surface area contributed by atoms with E-state index in [9.17, 15) is 19.7 Å². The van der Waals surface area contributed by atoms with Crippen LogP contribution in [-0.2, 0) is 0 Å². The molecule has 0 aliphatic rings. The van der Waals surface area contributed by atoms with E-state index in [-0.39, 0.29) is 33.8 Å². The number of anilines is 1. The van der Waals surface area contributed by atoms with Crippen LogP contribution in [0.3, 0.4) is 0 Å². The molecule has 35 heavy (non-hydrogen) atoms. The molecule has 0 aliphatic carbocycles. The first-order valence-electron chi connectivity index (χ1n) is 10.7. The highest BCUT2D eigenvalue weighted by Gasteiger charge is 2.22. The summed E-state index contributed by atoms with van der Waals surface area (Å²) in [7, 11) is 1.54. The number of aromatic nitrogens is 2. The van der Waals surface area contributed by atoms with Crippen LogP contribution < -0.4 is 15.5 Å². The van der Waals surface area contributed by atoms with Gasteiger partial charge in [0.1, 0.15) is 17.3 Å². The Balaban J connectivity index is 1.93. The van der Waals surface area contributed by atoms with E-state index in [1.54, 1.807) is 38.3 Å². The number of carbonyl (C=O) groups is 1. The van der Waals surface area contributed by atoms with Crippen molar-refractivity contribution >= 4 is 17.4 Å². The molecule has 0 unspecified atom stereocenters. The first-order chi connectivity index (χ1) is 16.8. The molecule has 9 nitrogen and oxygen atoms in total. The summed E-state index contributed by atoms with van der Waals surface area (Å²) in [5, 5.41) is 18.4. The summed E-state index contributed by atoms with van der Waals surface area (Å²) in [4.78, 5) is 37.1. The number of hydrogen-bond donors (Lipinski definition) is 1. The zero-order valence-electron chi connectivity index (χ0n) is 19.3. The molecule has 176 valence electrons. The topological polar surface area (TPSA) is 116 Å². The van der Waals surface area contributed by atoms with Crippen LogP contribution in [0.15, 0.2) is 77.6 Å². The van der Waals surface area contributed by atoms with E-state index in [0.29, 0.717) is 17.0 Å². The molecule has 0 atom stereocenters. The van der Waals surface area contributed by atoms with Gasteiger partial charge in [-0.2, -0.15) is 5.10 Å². The molecule has 0 fully saturated rings. The van der Waals surface area contributed by atoms with E-state index >= 15 is 0 Å². The van der Waals surface area contributed by atoms with Crippen LogP contribution in [0.25, 0.3) is 16.8 Å². The summed E-state index contributed by atoms with van der Waals surface area (Å²) in [6.07, 6.45) is 0. The van der Waals surface area contributed by atoms with Gasteiger partial charge in [-0.15, -0.1) is 0 Å². The molecule has 1 N–H and O–H groups in total. The van der Waals surface area contributed by atoms with Gasteiger partial charge < -0.3 is 10.1 Å². The van der Waals surface area contributed by atoms with Gasteiger partial charge in [0.05, 0.1) is 23.3 Å². The minimum absolute atomic E-state index is 0.0726. The summed E-state index contributed by atoms with van der Waals surface area (Å²) in [6, 6.07) is 19.7. The number of nitro groups is 1. The minimum atomic E-state index is -0.616. The Labute approximate surface area is 200 Å². The number of nitro benzene ring substituents is 1. The SMILES string of the molecule is COc1ccc(-c2c(NC(=O)c3cccc([N+](=O)[O-])c3)n(-c3ccc(C)cc3)nc(C)c2=O)cc1. The van der Waals surface area contributed by atoms with Gasteiger partial charge in [0.2, 0.25) is 5.43 Å². The van der Waals surface area contributed by atoms with Gasteiger partial charge in [-0.25, -0.2) is 4.68 Å². The lowest BCUT2D eigenvalue weighted by Crippen LogP contribution is -2.25. The molecule has 4 rings (SSSR count). The molecule has 3 aromatic carbocycles. The highest BCUT2D eigenvalue weighted by Crippen LogP contribution is 2.29. The largest absolute Gasteiger partial charge is 0.497 e. The van der Waals surface area contributed by atoms with Crippen LogP contribution in [-0.4, -0.2) is 27.7 Å². The lowest BCUT2D eigenvalue weighted by molar-refractivity contribution is -0.384. The zero-order valence-corrected chi connectivity index (χ0v) is 19.3. The maximum absolute atomic E-state index is 13.3. The number of benzene rings is 3. The lowest BCUT2D eigenvalue weighted by Gasteiger charge is -2.18. The van der Waals surface area contributed by atoms with Gasteiger partial charge in [-0.1, -0.05) is 35.9 Å². The molecule has 0 aliphatic heterocycles. The number of ether oxygens (including phenoxy) is 1. The molecule has 0 radical (unpaired) electrons. The first-order valence-corrected chi connectivity index (χ1v) is 10.7. The van der Waals surface area contributed by atoms with Crippen molar-refractivity contribution in [3.05, 3.63) is 110 Å². The summed E-state index contributed by atoms with van der Waals surface area (Å²) in [5.74, 6) is 0.140. The summed E-state index contributed by atoms with van der Waals surface area (Å²) in [5.41, 5.74) is 2.19. The van der Waals surface area contributed by atoms with Crippen molar-refractivity contribution in [1.29, 1.82) is 0 Å². The maximum Gasteiger partial charge on any atom is 0.270 e. The van der Waals surface area contributed by atoms with Crippen LogP contribution >= 0.6 is 0 Å². The molecule has 0 saturated heterocycles. The van der Waals surface area contributed by atoms with Crippen LogP contribution in [0.2, 0.25) is 0 Å². The second kappa shape index (κ2) is 9.60. The number of carbonyl (C=O) groups excluding carboxylic acids is 1. The number of nitrogens with one attached hydrogen (secondary N) is 1. The normalized spacial score (nSPS) is 10.6. The van der Waals surface area contributed by atoms with Crippen molar-refractivity contribution in [2.24, 2.45) is 0 Å².